The highest BCUT2D eigenvalue weighted by molar-refractivity contribution is 9.10. The average Bonchev–Trinajstić information content (AvgIpc) is 2.42. The van der Waals surface area contributed by atoms with E-state index in [1.54, 1.807) is 7.11 Å². The van der Waals surface area contributed by atoms with E-state index < -0.39 is 0 Å². The number of alkyl halides is 1. The van der Waals surface area contributed by atoms with Crippen LogP contribution in [-0.4, -0.2) is 7.11 Å². The van der Waals surface area contributed by atoms with Crippen molar-refractivity contribution in [1.82, 2.24) is 0 Å². The van der Waals surface area contributed by atoms with Gasteiger partial charge in [0.15, 0.2) is 0 Å². The molecule has 0 N–H and O–H groups in total. The van der Waals surface area contributed by atoms with E-state index >= 15 is 0 Å². The largest absolute Gasteiger partial charge is 0.497 e. The Morgan fingerprint density at radius 3 is 2.45 bits per heavy atom. The van der Waals surface area contributed by atoms with Crippen LogP contribution in [-0.2, 0) is 6.42 Å². The second kappa shape index (κ2) is 6.64. The Bertz CT molecular complexity index is 610. The van der Waals surface area contributed by atoms with E-state index in [1.165, 1.54) is 16.7 Å². The molecule has 0 aliphatic rings. The van der Waals surface area contributed by atoms with Gasteiger partial charge in [-0.2, -0.15) is 0 Å². The molecule has 0 saturated carbocycles. The molecule has 0 aromatic heterocycles. The van der Waals surface area contributed by atoms with Crippen molar-refractivity contribution in [3.63, 3.8) is 0 Å². The normalized spacial score (nSPS) is 12.2. The van der Waals surface area contributed by atoms with Crippen LogP contribution in [0.25, 0.3) is 0 Å². The molecule has 2 aromatic carbocycles. The van der Waals surface area contributed by atoms with E-state index in [1.807, 2.05) is 18.2 Å². The Morgan fingerprint density at radius 1 is 1.10 bits per heavy atom. The van der Waals surface area contributed by atoms with Gasteiger partial charge in [-0.1, -0.05) is 40.2 Å². The first kappa shape index (κ1) is 15.4. The number of benzene rings is 2. The van der Waals surface area contributed by atoms with Gasteiger partial charge in [0, 0.05) is 4.47 Å². The Kier molecular flexibility index (Phi) is 5.11. The fourth-order valence-electron chi connectivity index (χ4n) is 2.14. The van der Waals surface area contributed by atoms with Crippen LogP contribution in [0.2, 0.25) is 0 Å². The summed E-state index contributed by atoms with van der Waals surface area (Å²) in [6.45, 7) is 4.25. The zero-order chi connectivity index (χ0) is 14.7. The SMILES string of the molecule is COc1ccc(C(Cl)Cc2ccc(C)c(C)c2)c(Br)c1. The Morgan fingerprint density at radius 2 is 1.85 bits per heavy atom. The zero-order valence-electron chi connectivity index (χ0n) is 11.9. The molecule has 0 amide bonds. The lowest BCUT2D eigenvalue weighted by Crippen LogP contribution is -1.98. The van der Waals surface area contributed by atoms with E-state index in [4.69, 9.17) is 16.3 Å². The second-order valence-corrected chi connectivity index (χ2v) is 6.36. The summed E-state index contributed by atoms with van der Waals surface area (Å²) in [5.41, 5.74) is 4.96. The summed E-state index contributed by atoms with van der Waals surface area (Å²) in [5, 5.41) is -0.0580. The quantitative estimate of drug-likeness (QED) is 0.650. The van der Waals surface area contributed by atoms with Crippen LogP contribution in [0.3, 0.4) is 0 Å². The third-order valence-electron chi connectivity index (χ3n) is 3.53. The van der Waals surface area contributed by atoms with Crippen LogP contribution in [0.15, 0.2) is 40.9 Å². The molecule has 0 spiro atoms. The molecule has 0 bridgehead atoms. The number of halogens is 2. The fourth-order valence-corrected chi connectivity index (χ4v) is 3.27. The van der Waals surface area contributed by atoms with Crippen molar-refractivity contribution >= 4 is 27.5 Å². The zero-order valence-corrected chi connectivity index (χ0v) is 14.3. The highest BCUT2D eigenvalue weighted by Crippen LogP contribution is 2.33. The van der Waals surface area contributed by atoms with Crippen LogP contribution in [0, 0.1) is 13.8 Å². The van der Waals surface area contributed by atoms with Gasteiger partial charge in [-0.05, 0) is 54.7 Å². The van der Waals surface area contributed by atoms with Crippen LogP contribution in [0.4, 0.5) is 0 Å². The average molecular weight is 354 g/mol. The van der Waals surface area contributed by atoms with Crippen molar-refractivity contribution in [2.24, 2.45) is 0 Å². The molecular formula is C17H18BrClO. The lowest BCUT2D eigenvalue weighted by atomic mass is 10.00. The number of ether oxygens (including phenoxy) is 1. The van der Waals surface area contributed by atoms with Crippen molar-refractivity contribution in [2.75, 3.05) is 7.11 Å². The molecule has 20 heavy (non-hydrogen) atoms. The molecule has 0 radical (unpaired) electrons. The first-order valence-corrected chi connectivity index (χ1v) is 7.78. The van der Waals surface area contributed by atoms with Crippen molar-refractivity contribution in [3.8, 4) is 5.75 Å². The van der Waals surface area contributed by atoms with Crippen LogP contribution >= 0.6 is 27.5 Å². The summed E-state index contributed by atoms with van der Waals surface area (Å²) < 4.78 is 6.19. The molecule has 1 unspecified atom stereocenters. The van der Waals surface area contributed by atoms with E-state index in [0.717, 1.165) is 22.2 Å². The van der Waals surface area contributed by atoms with Crippen LogP contribution < -0.4 is 4.74 Å². The summed E-state index contributed by atoms with van der Waals surface area (Å²) in [6.07, 6.45) is 0.813. The van der Waals surface area contributed by atoms with Gasteiger partial charge in [0.05, 0.1) is 12.5 Å². The van der Waals surface area contributed by atoms with Crippen LogP contribution in [0.5, 0.6) is 5.75 Å². The number of rotatable bonds is 4. The van der Waals surface area contributed by atoms with Crippen molar-refractivity contribution in [2.45, 2.75) is 25.6 Å². The summed E-state index contributed by atoms with van der Waals surface area (Å²) in [7, 11) is 1.66. The predicted octanol–water partition coefficient (Wildman–Crippen LogP) is 5.60. The molecule has 0 aliphatic carbocycles. The monoisotopic (exact) mass is 352 g/mol. The van der Waals surface area contributed by atoms with Crippen molar-refractivity contribution in [1.29, 1.82) is 0 Å². The molecular weight excluding hydrogens is 336 g/mol. The van der Waals surface area contributed by atoms with Gasteiger partial charge >= 0.3 is 0 Å². The van der Waals surface area contributed by atoms with E-state index in [0.29, 0.717) is 0 Å². The van der Waals surface area contributed by atoms with E-state index in [9.17, 15) is 0 Å². The molecule has 0 heterocycles. The fraction of sp³-hybridized carbons (Fsp3) is 0.294. The first-order valence-electron chi connectivity index (χ1n) is 6.55. The van der Waals surface area contributed by atoms with Gasteiger partial charge in [-0.25, -0.2) is 0 Å². The molecule has 0 fully saturated rings. The van der Waals surface area contributed by atoms with Crippen molar-refractivity contribution < 1.29 is 4.74 Å². The molecule has 2 aromatic rings. The van der Waals surface area contributed by atoms with Gasteiger partial charge in [0.25, 0.3) is 0 Å². The van der Waals surface area contributed by atoms with Gasteiger partial charge in [0.1, 0.15) is 5.75 Å². The van der Waals surface area contributed by atoms with Gasteiger partial charge < -0.3 is 4.74 Å². The van der Waals surface area contributed by atoms with Gasteiger partial charge in [-0.15, -0.1) is 11.6 Å². The van der Waals surface area contributed by atoms with Crippen molar-refractivity contribution in [3.05, 3.63) is 63.1 Å². The Labute approximate surface area is 134 Å². The minimum Gasteiger partial charge on any atom is -0.497 e. The molecule has 3 heteroatoms. The molecule has 0 saturated heterocycles. The smallest absolute Gasteiger partial charge is 0.120 e. The lowest BCUT2D eigenvalue weighted by Gasteiger charge is -2.14. The molecule has 106 valence electrons. The number of hydrogen-bond acceptors (Lipinski definition) is 1. The number of methoxy groups -OCH3 is 1. The lowest BCUT2D eigenvalue weighted by molar-refractivity contribution is 0.414. The summed E-state index contributed by atoms with van der Waals surface area (Å²) in [6, 6.07) is 12.4. The maximum absolute atomic E-state index is 6.56. The topological polar surface area (TPSA) is 9.23 Å². The Balaban J connectivity index is 2.19. The summed E-state index contributed by atoms with van der Waals surface area (Å²) in [4.78, 5) is 0. The summed E-state index contributed by atoms with van der Waals surface area (Å²) in [5.74, 6) is 0.829. The minimum atomic E-state index is -0.0580. The number of aryl methyl sites for hydroxylation is 2. The highest BCUT2D eigenvalue weighted by Gasteiger charge is 2.13. The molecule has 1 nitrogen and oxygen atoms in total. The maximum Gasteiger partial charge on any atom is 0.120 e. The highest BCUT2D eigenvalue weighted by atomic mass is 79.9. The van der Waals surface area contributed by atoms with Gasteiger partial charge in [0.2, 0.25) is 0 Å². The third kappa shape index (κ3) is 3.56. The number of hydrogen-bond donors (Lipinski definition) is 0. The molecule has 1 atom stereocenters. The predicted molar refractivity (Wildman–Crippen MR) is 88.9 cm³/mol. The first-order chi connectivity index (χ1) is 9.51. The maximum atomic E-state index is 6.56. The van der Waals surface area contributed by atoms with Crippen LogP contribution in [0.1, 0.15) is 27.6 Å². The van der Waals surface area contributed by atoms with E-state index in [2.05, 4.69) is 48.0 Å². The van der Waals surface area contributed by atoms with E-state index in [-0.39, 0.29) is 5.38 Å². The Hall–Kier alpha value is -0.990. The van der Waals surface area contributed by atoms with Gasteiger partial charge in [-0.3, -0.25) is 0 Å². The molecule has 0 aliphatic heterocycles. The molecule has 2 rings (SSSR count). The minimum absolute atomic E-state index is 0.0580. The third-order valence-corrected chi connectivity index (χ3v) is 4.61. The standard InChI is InChI=1S/C17H18BrClO/c1-11-4-5-13(8-12(11)2)9-17(19)15-7-6-14(20-3)10-16(15)18/h4-8,10,17H,9H2,1-3H3. The summed E-state index contributed by atoms with van der Waals surface area (Å²) >= 11 is 10.1. The second-order valence-electron chi connectivity index (χ2n) is 4.98.